The number of ether oxygens (including phenoxy) is 1. The van der Waals surface area contributed by atoms with Crippen LogP contribution in [0.1, 0.15) is 5.89 Å². The van der Waals surface area contributed by atoms with Crippen molar-refractivity contribution in [1.29, 1.82) is 0 Å². The van der Waals surface area contributed by atoms with Gasteiger partial charge in [0.05, 0.1) is 22.3 Å². The van der Waals surface area contributed by atoms with Gasteiger partial charge in [-0.2, -0.15) is 0 Å². The molecule has 0 fully saturated rings. The molecule has 0 bridgehead atoms. The number of aromatic nitrogens is 1. The van der Waals surface area contributed by atoms with Gasteiger partial charge in [0.25, 0.3) is 0 Å². The van der Waals surface area contributed by atoms with Crippen LogP contribution in [0.25, 0.3) is 11.1 Å². The summed E-state index contributed by atoms with van der Waals surface area (Å²) in [6.45, 7) is 0.535. The third-order valence-corrected chi connectivity index (χ3v) is 2.87. The zero-order valence-electron chi connectivity index (χ0n) is 8.59. The van der Waals surface area contributed by atoms with Gasteiger partial charge in [0.1, 0.15) is 5.52 Å². The zero-order chi connectivity index (χ0) is 11.7. The summed E-state index contributed by atoms with van der Waals surface area (Å²) in [6.07, 6.45) is 0.582. The molecule has 1 aromatic heterocycles. The number of rotatable bonds is 3. The summed E-state index contributed by atoms with van der Waals surface area (Å²) in [5, 5.41) is 0.696. The van der Waals surface area contributed by atoms with Crippen molar-refractivity contribution >= 4 is 40.0 Å². The Balaban J connectivity index is 2.49. The molecule has 0 spiro atoms. The second-order valence-electron chi connectivity index (χ2n) is 3.28. The molecule has 2 N–H and O–H groups in total. The molecule has 0 saturated carbocycles. The van der Waals surface area contributed by atoms with Crippen molar-refractivity contribution in [2.24, 2.45) is 0 Å². The molecule has 0 radical (unpaired) electrons. The van der Waals surface area contributed by atoms with Gasteiger partial charge in [0, 0.05) is 19.6 Å². The molecule has 0 atom stereocenters. The Labute approximate surface area is 102 Å². The van der Waals surface area contributed by atoms with E-state index in [0.29, 0.717) is 45.8 Å². The van der Waals surface area contributed by atoms with Crippen molar-refractivity contribution in [2.45, 2.75) is 6.42 Å². The van der Waals surface area contributed by atoms with Crippen LogP contribution >= 0.6 is 23.2 Å². The van der Waals surface area contributed by atoms with E-state index in [0.717, 1.165) is 0 Å². The minimum atomic E-state index is 0.322. The van der Waals surface area contributed by atoms with Crippen molar-refractivity contribution < 1.29 is 9.15 Å². The van der Waals surface area contributed by atoms with E-state index in [-0.39, 0.29) is 0 Å². The lowest BCUT2D eigenvalue weighted by atomic mass is 10.3. The summed E-state index contributed by atoms with van der Waals surface area (Å²) in [5.41, 5.74) is 7.08. The molecule has 4 nitrogen and oxygen atoms in total. The maximum Gasteiger partial charge on any atom is 0.197 e. The van der Waals surface area contributed by atoms with E-state index < -0.39 is 0 Å². The first-order valence-electron chi connectivity index (χ1n) is 4.65. The van der Waals surface area contributed by atoms with Crippen LogP contribution in [-0.4, -0.2) is 18.7 Å². The summed E-state index contributed by atoms with van der Waals surface area (Å²) in [6, 6.07) is 1.61. The number of halogens is 2. The number of nitrogen functional groups attached to an aromatic ring is 1. The monoisotopic (exact) mass is 260 g/mol. The predicted molar refractivity (Wildman–Crippen MR) is 64.0 cm³/mol. The van der Waals surface area contributed by atoms with Crippen LogP contribution in [0.2, 0.25) is 10.0 Å². The molecule has 16 heavy (non-hydrogen) atoms. The minimum Gasteiger partial charge on any atom is -0.440 e. The number of nitrogens with zero attached hydrogens (tertiary/aromatic N) is 1. The highest BCUT2D eigenvalue weighted by Crippen LogP contribution is 2.35. The van der Waals surface area contributed by atoms with E-state index >= 15 is 0 Å². The molecular weight excluding hydrogens is 251 g/mol. The van der Waals surface area contributed by atoms with E-state index in [1.54, 1.807) is 13.2 Å². The maximum atomic E-state index is 6.02. The van der Waals surface area contributed by atoms with E-state index in [2.05, 4.69) is 4.98 Å². The van der Waals surface area contributed by atoms with Crippen LogP contribution in [0.5, 0.6) is 0 Å². The molecule has 0 saturated heterocycles. The largest absolute Gasteiger partial charge is 0.440 e. The Morgan fingerprint density at radius 1 is 1.50 bits per heavy atom. The lowest BCUT2D eigenvalue weighted by Gasteiger charge is -1.99. The first kappa shape index (κ1) is 11.5. The van der Waals surface area contributed by atoms with E-state index in [9.17, 15) is 0 Å². The molecule has 0 unspecified atom stereocenters. The number of oxazole rings is 1. The molecule has 86 valence electrons. The number of benzene rings is 1. The van der Waals surface area contributed by atoms with Gasteiger partial charge in [-0.25, -0.2) is 4.98 Å². The zero-order valence-corrected chi connectivity index (χ0v) is 10.1. The Morgan fingerprint density at radius 3 is 2.94 bits per heavy atom. The number of methoxy groups -OCH3 is 1. The molecule has 0 amide bonds. The summed E-state index contributed by atoms with van der Waals surface area (Å²) in [5.74, 6) is 0.556. The highest BCUT2D eigenvalue weighted by Gasteiger charge is 2.14. The van der Waals surface area contributed by atoms with Crippen LogP contribution in [0, 0.1) is 0 Å². The number of hydrogen-bond donors (Lipinski definition) is 1. The van der Waals surface area contributed by atoms with Gasteiger partial charge in [-0.05, 0) is 0 Å². The van der Waals surface area contributed by atoms with Crippen molar-refractivity contribution in [3.63, 3.8) is 0 Å². The Bertz CT molecular complexity index is 525. The SMILES string of the molecule is COCCc1nc2c(Cl)c(N)c(Cl)cc2o1. The van der Waals surface area contributed by atoms with Crippen LogP contribution in [-0.2, 0) is 11.2 Å². The normalized spacial score (nSPS) is 11.2. The van der Waals surface area contributed by atoms with Gasteiger partial charge >= 0.3 is 0 Å². The second kappa shape index (κ2) is 4.49. The summed E-state index contributed by atoms with van der Waals surface area (Å²) in [7, 11) is 1.62. The number of anilines is 1. The summed E-state index contributed by atoms with van der Waals surface area (Å²) < 4.78 is 10.4. The van der Waals surface area contributed by atoms with Crippen molar-refractivity contribution in [1.82, 2.24) is 4.98 Å². The summed E-state index contributed by atoms with van der Waals surface area (Å²) >= 11 is 11.9. The molecular formula is C10H10Cl2N2O2. The maximum absolute atomic E-state index is 6.02. The Hall–Kier alpha value is -0.970. The van der Waals surface area contributed by atoms with E-state index in [1.165, 1.54) is 0 Å². The highest BCUT2D eigenvalue weighted by molar-refractivity contribution is 6.42. The average Bonchev–Trinajstić information content (AvgIpc) is 2.66. The first-order valence-corrected chi connectivity index (χ1v) is 5.41. The topological polar surface area (TPSA) is 61.3 Å². The van der Waals surface area contributed by atoms with E-state index in [1.807, 2.05) is 0 Å². The van der Waals surface area contributed by atoms with Gasteiger partial charge in [-0.1, -0.05) is 23.2 Å². The quantitative estimate of drug-likeness (QED) is 0.863. The molecule has 2 aromatic rings. The van der Waals surface area contributed by atoms with Crippen molar-refractivity contribution in [3.05, 3.63) is 22.0 Å². The third-order valence-electron chi connectivity index (χ3n) is 2.18. The van der Waals surface area contributed by atoms with Crippen LogP contribution < -0.4 is 5.73 Å². The average molecular weight is 261 g/mol. The number of nitrogens with two attached hydrogens (primary N) is 1. The van der Waals surface area contributed by atoms with Crippen LogP contribution in [0.3, 0.4) is 0 Å². The molecule has 1 heterocycles. The smallest absolute Gasteiger partial charge is 0.197 e. The molecule has 0 aliphatic rings. The van der Waals surface area contributed by atoms with Crippen LogP contribution in [0.15, 0.2) is 10.5 Å². The van der Waals surface area contributed by atoms with Gasteiger partial charge in [-0.3, -0.25) is 0 Å². The molecule has 0 aliphatic heterocycles. The first-order chi connectivity index (χ1) is 7.63. The molecule has 1 aromatic carbocycles. The fraction of sp³-hybridized carbons (Fsp3) is 0.300. The number of fused-ring (bicyclic) bond motifs is 1. The van der Waals surface area contributed by atoms with E-state index in [4.69, 9.17) is 38.1 Å². The Morgan fingerprint density at radius 2 is 2.25 bits per heavy atom. The third kappa shape index (κ3) is 1.96. The van der Waals surface area contributed by atoms with Crippen molar-refractivity contribution in [2.75, 3.05) is 19.5 Å². The van der Waals surface area contributed by atoms with Gasteiger partial charge in [0.2, 0.25) is 0 Å². The molecule has 0 aliphatic carbocycles. The minimum absolute atomic E-state index is 0.322. The fourth-order valence-corrected chi connectivity index (χ4v) is 1.83. The standard InChI is InChI=1S/C10H10Cl2N2O2/c1-15-3-2-7-14-10-6(16-7)4-5(11)9(13)8(10)12/h4H,2-3,13H2,1H3. The van der Waals surface area contributed by atoms with Crippen LogP contribution in [0.4, 0.5) is 5.69 Å². The summed E-state index contributed by atoms with van der Waals surface area (Å²) in [4.78, 5) is 4.23. The Kier molecular flexibility index (Phi) is 3.23. The predicted octanol–water partition coefficient (Wildman–Crippen LogP) is 2.91. The molecule has 2 rings (SSSR count). The van der Waals surface area contributed by atoms with Gasteiger partial charge < -0.3 is 14.9 Å². The van der Waals surface area contributed by atoms with Crippen molar-refractivity contribution in [3.8, 4) is 0 Å². The molecule has 6 heteroatoms. The second-order valence-corrected chi connectivity index (χ2v) is 4.07. The lowest BCUT2D eigenvalue weighted by molar-refractivity contribution is 0.196. The fourth-order valence-electron chi connectivity index (χ4n) is 1.35. The van der Waals surface area contributed by atoms with Gasteiger partial charge in [0.15, 0.2) is 11.5 Å². The van der Waals surface area contributed by atoms with Gasteiger partial charge in [-0.15, -0.1) is 0 Å². The lowest BCUT2D eigenvalue weighted by Crippen LogP contribution is -1.93. The number of hydrogen-bond acceptors (Lipinski definition) is 4. The highest BCUT2D eigenvalue weighted by atomic mass is 35.5.